The highest BCUT2D eigenvalue weighted by atomic mass is 32.2. The molecule has 0 aliphatic rings. The first kappa shape index (κ1) is 24.2. The molecule has 0 aliphatic heterocycles. The standard InChI is InChI=1S/C20H17F3N6O2S3/c1-34(31)15-8-14-16(33-15)17(27-10-26-14)24-6-5-13-9-25-19(32-13)29-18(30)28-12-4-2-3-11(7-12)20(21,22)23/h2-4,7-10H,5-6H2,1H3,(H,24,26,27)(H2,25,28,29,30). The van der Waals surface area contributed by atoms with Crippen LogP contribution in [0, 0.1) is 0 Å². The Bertz CT molecular complexity index is 1310. The Kier molecular flexibility index (Phi) is 7.21. The molecule has 1 unspecified atom stereocenters. The topological polar surface area (TPSA) is 115 Å². The maximum absolute atomic E-state index is 12.8. The Labute approximate surface area is 202 Å². The number of anilines is 3. The fourth-order valence-electron chi connectivity index (χ4n) is 2.92. The smallest absolute Gasteiger partial charge is 0.416 e. The molecule has 1 aromatic carbocycles. The van der Waals surface area contributed by atoms with Crippen LogP contribution in [-0.2, 0) is 23.8 Å². The maximum Gasteiger partial charge on any atom is 0.416 e. The third-order valence-corrected chi connectivity index (χ3v) is 7.99. The van der Waals surface area contributed by atoms with Crippen LogP contribution in [0.5, 0.6) is 0 Å². The monoisotopic (exact) mass is 526 g/mol. The van der Waals surface area contributed by atoms with Crippen molar-refractivity contribution in [3.8, 4) is 0 Å². The van der Waals surface area contributed by atoms with Gasteiger partial charge in [0.05, 0.1) is 11.1 Å². The van der Waals surface area contributed by atoms with Crippen molar-refractivity contribution in [2.24, 2.45) is 0 Å². The van der Waals surface area contributed by atoms with Gasteiger partial charge in [-0.1, -0.05) is 17.4 Å². The fraction of sp³-hybridized carbons (Fsp3) is 0.200. The number of aromatic nitrogens is 3. The maximum atomic E-state index is 12.8. The van der Waals surface area contributed by atoms with Crippen LogP contribution >= 0.6 is 22.7 Å². The lowest BCUT2D eigenvalue weighted by Gasteiger charge is -2.09. The fourth-order valence-corrected chi connectivity index (χ4v) is 5.53. The lowest BCUT2D eigenvalue weighted by molar-refractivity contribution is -0.137. The number of benzene rings is 1. The molecule has 0 saturated heterocycles. The van der Waals surface area contributed by atoms with Gasteiger partial charge in [-0.25, -0.2) is 19.7 Å². The van der Waals surface area contributed by atoms with E-state index in [0.717, 1.165) is 31.4 Å². The number of hydrogen-bond acceptors (Lipinski definition) is 8. The van der Waals surface area contributed by atoms with Gasteiger partial charge in [0.1, 0.15) is 23.1 Å². The molecule has 34 heavy (non-hydrogen) atoms. The van der Waals surface area contributed by atoms with Gasteiger partial charge in [-0.3, -0.25) is 5.32 Å². The Balaban J connectivity index is 1.31. The van der Waals surface area contributed by atoms with E-state index in [1.54, 1.807) is 18.5 Å². The molecule has 3 N–H and O–H groups in total. The molecule has 0 bridgehead atoms. The first-order valence-corrected chi connectivity index (χ1v) is 12.9. The molecule has 0 fully saturated rings. The predicted molar refractivity (Wildman–Crippen MR) is 128 cm³/mol. The summed E-state index contributed by atoms with van der Waals surface area (Å²) in [5, 5.41) is 8.45. The van der Waals surface area contributed by atoms with Crippen molar-refractivity contribution >= 4 is 66.7 Å². The predicted octanol–water partition coefficient (Wildman–Crippen LogP) is 5.20. The van der Waals surface area contributed by atoms with Gasteiger partial charge >= 0.3 is 12.2 Å². The Hall–Kier alpha value is -2.94. The number of carbonyl (C=O) groups is 1. The molecule has 0 saturated carbocycles. The minimum absolute atomic E-state index is 0.0214. The van der Waals surface area contributed by atoms with Gasteiger partial charge in [0.2, 0.25) is 4.21 Å². The van der Waals surface area contributed by atoms with E-state index in [-0.39, 0.29) is 5.69 Å². The highest BCUT2D eigenvalue weighted by Crippen LogP contribution is 2.32. The highest BCUT2D eigenvalue weighted by Gasteiger charge is 2.30. The van der Waals surface area contributed by atoms with Crippen molar-refractivity contribution in [1.82, 2.24) is 15.0 Å². The van der Waals surface area contributed by atoms with Gasteiger partial charge in [0, 0.05) is 35.8 Å². The highest BCUT2D eigenvalue weighted by molar-refractivity contribution is 7.92. The molecule has 0 radical (unpaired) electrons. The summed E-state index contributed by atoms with van der Waals surface area (Å²) in [6.07, 6.45) is 0.770. The first-order chi connectivity index (χ1) is 16.2. The van der Waals surface area contributed by atoms with E-state index < -0.39 is 28.9 Å². The number of alkyl halides is 3. The normalized spacial score (nSPS) is 12.5. The van der Waals surface area contributed by atoms with Crippen LogP contribution in [0.4, 0.5) is 34.6 Å². The first-order valence-electron chi connectivity index (χ1n) is 9.71. The molecule has 2 amide bonds. The molecule has 178 valence electrons. The van der Waals surface area contributed by atoms with Gasteiger partial charge in [-0.05, 0) is 29.4 Å². The molecule has 0 aliphatic carbocycles. The average molecular weight is 527 g/mol. The van der Waals surface area contributed by atoms with Crippen LogP contribution in [0.3, 0.4) is 0 Å². The van der Waals surface area contributed by atoms with Crippen molar-refractivity contribution < 1.29 is 22.5 Å². The van der Waals surface area contributed by atoms with Crippen molar-refractivity contribution in [1.29, 1.82) is 0 Å². The van der Waals surface area contributed by atoms with Gasteiger partial charge < -0.3 is 15.2 Å². The Morgan fingerprint density at radius 1 is 1.15 bits per heavy atom. The van der Waals surface area contributed by atoms with Gasteiger partial charge in [0.25, 0.3) is 0 Å². The van der Waals surface area contributed by atoms with Gasteiger partial charge in [-0.2, -0.15) is 13.2 Å². The summed E-state index contributed by atoms with van der Waals surface area (Å²) in [5.74, 6) is 0.648. The van der Waals surface area contributed by atoms with Crippen LogP contribution in [0.1, 0.15) is 10.4 Å². The summed E-state index contributed by atoms with van der Waals surface area (Å²) < 4.78 is 51.7. The van der Waals surface area contributed by atoms with E-state index in [2.05, 4.69) is 30.9 Å². The average Bonchev–Trinajstić information content (AvgIpc) is 3.41. The number of nitrogens with zero attached hydrogens (tertiary/aromatic N) is 3. The number of fused-ring (bicyclic) bond motifs is 1. The van der Waals surface area contributed by atoms with Crippen LogP contribution < -0.4 is 16.0 Å². The van der Waals surface area contributed by atoms with Gasteiger partial charge in [-0.15, -0.1) is 11.3 Å². The summed E-state index contributed by atoms with van der Waals surface area (Å²) in [5.41, 5.74) is -0.103. The summed E-state index contributed by atoms with van der Waals surface area (Å²) in [7, 11) is 0. The van der Waals surface area contributed by atoms with E-state index in [1.165, 1.54) is 41.1 Å². The van der Waals surface area contributed by atoms with E-state index >= 15 is 0 Å². The van der Waals surface area contributed by atoms with Crippen molar-refractivity contribution in [2.75, 3.05) is 28.8 Å². The number of thiazole rings is 1. The lowest BCUT2D eigenvalue weighted by atomic mass is 10.2. The molecular weight excluding hydrogens is 509 g/mol. The molecule has 1 atom stereocenters. The van der Waals surface area contributed by atoms with E-state index in [0.29, 0.717) is 23.9 Å². The molecule has 8 nitrogen and oxygen atoms in total. The number of carbonyl (C=O) groups excluding carboxylic acids is 1. The van der Waals surface area contributed by atoms with Crippen LogP contribution in [0.15, 0.2) is 47.1 Å². The van der Waals surface area contributed by atoms with Crippen LogP contribution in [0.25, 0.3) is 10.2 Å². The molecular formula is C20H17F3N6O2S3. The Morgan fingerprint density at radius 3 is 2.74 bits per heavy atom. The molecule has 14 heteroatoms. The summed E-state index contributed by atoms with van der Waals surface area (Å²) in [6.45, 7) is 0.534. The number of amides is 2. The number of halogens is 3. The lowest BCUT2D eigenvalue weighted by Crippen LogP contribution is -2.19. The molecule has 3 aromatic heterocycles. The zero-order valence-corrected chi connectivity index (χ0v) is 19.9. The summed E-state index contributed by atoms with van der Waals surface area (Å²) >= 11 is 1.53. The third kappa shape index (κ3) is 5.94. The van der Waals surface area contributed by atoms with Crippen molar-refractivity contribution in [2.45, 2.75) is 16.8 Å². The van der Waals surface area contributed by atoms with E-state index in [9.17, 15) is 22.5 Å². The SMILES string of the molecule is C[S+]([O-])c1cc2ncnc(NCCc3cnc(NC(=O)Nc4cccc(C(F)(F)F)c4)s3)c2s1. The second-order valence-corrected chi connectivity index (χ2v) is 10.7. The number of thiophene rings is 1. The van der Waals surface area contributed by atoms with Crippen molar-refractivity contribution in [3.05, 3.63) is 53.3 Å². The summed E-state index contributed by atoms with van der Waals surface area (Å²) in [6, 6.07) is 5.47. The molecule has 3 heterocycles. The minimum atomic E-state index is -4.50. The number of urea groups is 1. The second-order valence-electron chi connectivity index (χ2n) is 6.92. The van der Waals surface area contributed by atoms with Crippen molar-refractivity contribution in [3.63, 3.8) is 0 Å². The quantitative estimate of drug-likeness (QED) is 0.285. The molecule has 0 spiro atoms. The zero-order valence-electron chi connectivity index (χ0n) is 17.5. The van der Waals surface area contributed by atoms with E-state index in [4.69, 9.17) is 0 Å². The minimum Gasteiger partial charge on any atom is -0.611 e. The number of hydrogen-bond donors (Lipinski definition) is 3. The Morgan fingerprint density at radius 2 is 1.97 bits per heavy atom. The number of rotatable bonds is 7. The van der Waals surface area contributed by atoms with Crippen LogP contribution in [0.2, 0.25) is 0 Å². The van der Waals surface area contributed by atoms with Gasteiger partial charge in [0.15, 0.2) is 5.13 Å². The zero-order chi connectivity index (χ0) is 24.3. The third-order valence-electron chi connectivity index (χ3n) is 4.46. The van der Waals surface area contributed by atoms with Crippen LogP contribution in [-0.4, -0.2) is 38.3 Å². The number of nitrogens with one attached hydrogen (secondary N) is 3. The summed E-state index contributed by atoms with van der Waals surface area (Å²) in [4.78, 5) is 25.6. The molecule has 4 aromatic rings. The molecule has 4 rings (SSSR count). The second kappa shape index (κ2) is 10.1. The van der Waals surface area contributed by atoms with E-state index in [1.807, 2.05) is 0 Å². The largest absolute Gasteiger partial charge is 0.611 e.